The molecule has 1 aromatic rings. The second-order valence-corrected chi connectivity index (χ2v) is 7.09. The summed E-state index contributed by atoms with van der Waals surface area (Å²) < 4.78 is 27.1. The van der Waals surface area contributed by atoms with E-state index < -0.39 is 10.0 Å². The van der Waals surface area contributed by atoms with Gasteiger partial charge in [0.25, 0.3) is 5.91 Å². The summed E-state index contributed by atoms with van der Waals surface area (Å²) in [5, 5.41) is 8.12. The number of rotatable bonds is 5. The van der Waals surface area contributed by atoms with Gasteiger partial charge in [0.2, 0.25) is 10.0 Å². The fraction of sp³-hybridized carbons (Fsp3) is 0.571. The van der Waals surface area contributed by atoms with E-state index in [0.717, 1.165) is 0 Å². The molecule has 2 heterocycles. The Morgan fingerprint density at radius 2 is 2.00 bits per heavy atom. The molecule has 0 saturated carbocycles. The second-order valence-electron chi connectivity index (χ2n) is 5.36. The van der Waals surface area contributed by atoms with Crippen LogP contribution < -0.4 is 10.5 Å². The van der Waals surface area contributed by atoms with E-state index in [0.29, 0.717) is 44.4 Å². The van der Waals surface area contributed by atoms with Gasteiger partial charge in [-0.05, 0) is 19.1 Å². The summed E-state index contributed by atoms with van der Waals surface area (Å²) in [6, 6.07) is 3.33. The fourth-order valence-electron chi connectivity index (χ4n) is 2.38. The van der Waals surface area contributed by atoms with Crippen LogP contribution in [0.15, 0.2) is 27.8 Å². The number of nitrogens with two attached hydrogens (primary N) is 1. The summed E-state index contributed by atoms with van der Waals surface area (Å²) >= 11 is 0. The highest BCUT2D eigenvalue weighted by molar-refractivity contribution is 7.89. The molecule has 10 heteroatoms. The molecule has 1 aliphatic heterocycles. The van der Waals surface area contributed by atoms with Crippen LogP contribution in [0.5, 0.6) is 0 Å². The lowest BCUT2D eigenvalue weighted by atomic mass is 10.3. The van der Waals surface area contributed by atoms with E-state index in [9.17, 15) is 13.2 Å². The summed E-state index contributed by atoms with van der Waals surface area (Å²) in [7, 11) is -3.53. The molecular formula is C14H23N5O4S. The zero-order chi connectivity index (χ0) is 17.6. The molecule has 1 saturated heterocycles. The van der Waals surface area contributed by atoms with Gasteiger partial charge < -0.3 is 19.5 Å². The molecule has 0 atom stereocenters. The van der Waals surface area contributed by atoms with E-state index in [1.807, 2.05) is 11.8 Å². The number of furan rings is 1. The Morgan fingerprint density at radius 1 is 1.33 bits per heavy atom. The number of carbonyl (C=O) groups excluding carboxylic acids is 1. The number of amides is 1. The van der Waals surface area contributed by atoms with Crippen LogP contribution in [-0.2, 0) is 10.0 Å². The first kappa shape index (κ1) is 18.3. The van der Waals surface area contributed by atoms with Crippen LogP contribution in [0.2, 0.25) is 0 Å². The fourth-order valence-corrected chi connectivity index (χ4v) is 2.73. The van der Waals surface area contributed by atoms with E-state index in [4.69, 9.17) is 9.56 Å². The van der Waals surface area contributed by atoms with Crippen molar-refractivity contribution in [1.82, 2.24) is 15.1 Å². The monoisotopic (exact) mass is 357 g/mol. The molecule has 24 heavy (non-hydrogen) atoms. The van der Waals surface area contributed by atoms with Crippen LogP contribution in [0.4, 0.5) is 0 Å². The number of guanidine groups is 1. The molecule has 0 radical (unpaired) electrons. The summed E-state index contributed by atoms with van der Waals surface area (Å²) in [5.41, 5.74) is 0. The first-order chi connectivity index (χ1) is 11.4. The molecule has 0 aromatic carbocycles. The highest BCUT2D eigenvalue weighted by atomic mass is 32.2. The Morgan fingerprint density at radius 3 is 2.54 bits per heavy atom. The van der Waals surface area contributed by atoms with Crippen LogP contribution in [0.1, 0.15) is 17.5 Å². The first-order valence-corrected chi connectivity index (χ1v) is 9.49. The average Bonchev–Trinajstić information content (AvgIpc) is 3.07. The number of nitrogens with one attached hydrogen (secondary N) is 1. The quantitative estimate of drug-likeness (QED) is 0.530. The van der Waals surface area contributed by atoms with E-state index in [2.05, 4.69) is 10.3 Å². The molecule has 1 fully saturated rings. The largest absolute Gasteiger partial charge is 0.459 e. The molecule has 9 nitrogen and oxygen atoms in total. The molecule has 134 valence electrons. The molecule has 0 aliphatic carbocycles. The Bertz CT molecular complexity index is 663. The van der Waals surface area contributed by atoms with Gasteiger partial charge in [0.05, 0.1) is 18.6 Å². The van der Waals surface area contributed by atoms with Gasteiger partial charge in [0, 0.05) is 32.7 Å². The topological polar surface area (TPSA) is 121 Å². The minimum Gasteiger partial charge on any atom is -0.459 e. The Labute approximate surface area is 141 Å². The number of primary sulfonamides is 1. The van der Waals surface area contributed by atoms with Crippen molar-refractivity contribution in [2.24, 2.45) is 10.1 Å². The zero-order valence-electron chi connectivity index (χ0n) is 13.6. The third kappa shape index (κ3) is 5.24. The third-order valence-electron chi connectivity index (χ3n) is 3.57. The number of hydrogen-bond donors (Lipinski definition) is 2. The van der Waals surface area contributed by atoms with E-state index in [-0.39, 0.29) is 18.2 Å². The van der Waals surface area contributed by atoms with E-state index in [1.165, 1.54) is 6.26 Å². The van der Waals surface area contributed by atoms with Crippen LogP contribution in [-0.4, -0.2) is 75.1 Å². The Balaban J connectivity index is 1.92. The van der Waals surface area contributed by atoms with Gasteiger partial charge in [-0.1, -0.05) is 0 Å². The van der Waals surface area contributed by atoms with E-state index >= 15 is 0 Å². The van der Waals surface area contributed by atoms with Crippen LogP contribution in [0, 0.1) is 0 Å². The molecule has 0 spiro atoms. The average molecular weight is 357 g/mol. The predicted octanol–water partition coefficient (Wildman–Crippen LogP) is -0.709. The molecule has 1 aliphatic rings. The summed E-state index contributed by atoms with van der Waals surface area (Å²) in [6.07, 6.45) is 1.48. The number of hydrogen-bond acceptors (Lipinski definition) is 5. The van der Waals surface area contributed by atoms with E-state index in [1.54, 1.807) is 17.0 Å². The highest BCUT2D eigenvalue weighted by Gasteiger charge is 2.25. The lowest BCUT2D eigenvalue weighted by Gasteiger charge is -2.36. The molecular weight excluding hydrogens is 334 g/mol. The number of nitrogens with zero attached hydrogens (tertiary/aromatic N) is 3. The highest BCUT2D eigenvalue weighted by Crippen LogP contribution is 2.09. The van der Waals surface area contributed by atoms with Crippen molar-refractivity contribution in [2.75, 3.05) is 45.0 Å². The number of carbonyl (C=O) groups is 1. The number of aliphatic imine (C=N–C) groups is 1. The van der Waals surface area contributed by atoms with Crippen molar-refractivity contribution >= 4 is 21.9 Å². The van der Waals surface area contributed by atoms with Crippen molar-refractivity contribution in [2.45, 2.75) is 6.92 Å². The van der Waals surface area contributed by atoms with Crippen molar-refractivity contribution in [3.63, 3.8) is 0 Å². The third-order valence-corrected chi connectivity index (χ3v) is 4.32. The molecule has 1 amide bonds. The maximum absolute atomic E-state index is 12.2. The summed E-state index contributed by atoms with van der Waals surface area (Å²) in [6.45, 7) is 5.00. The molecule has 3 N–H and O–H groups in total. The van der Waals surface area contributed by atoms with Gasteiger partial charge >= 0.3 is 0 Å². The molecule has 0 unspecified atom stereocenters. The normalized spacial score (nSPS) is 16.3. The lowest BCUT2D eigenvalue weighted by molar-refractivity contribution is 0.0657. The molecule has 1 aromatic heterocycles. The maximum Gasteiger partial charge on any atom is 0.289 e. The minimum absolute atomic E-state index is 0.104. The SMILES string of the molecule is CCNC(=NCCS(N)(=O)=O)N1CCN(C(=O)c2ccco2)CC1. The van der Waals surface area contributed by atoms with Crippen molar-refractivity contribution in [3.05, 3.63) is 24.2 Å². The zero-order valence-corrected chi connectivity index (χ0v) is 14.5. The number of sulfonamides is 1. The summed E-state index contributed by atoms with van der Waals surface area (Å²) in [5.74, 6) is 0.637. The smallest absolute Gasteiger partial charge is 0.289 e. The van der Waals surface area contributed by atoms with Crippen LogP contribution >= 0.6 is 0 Å². The van der Waals surface area contributed by atoms with Crippen molar-refractivity contribution in [1.29, 1.82) is 0 Å². The predicted molar refractivity (Wildman–Crippen MR) is 90.1 cm³/mol. The van der Waals surface area contributed by atoms with Gasteiger partial charge in [-0.3, -0.25) is 9.79 Å². The van der Waals surface area contributed by atoms with Gasteiger partial charge in [-0.2, -0.15) is 0 Å². The van der Waals surface area contributed by atoms with Gasteiger partial charge in [0.1, 0.15) is 0 Å². The Kier molecular flexibility index (Phi) is 6.21. The van der Waals surface area contributed by atoms with Gasteiger partial charge in [-0.15, -0.1) is 0 Å². The molecule has 2 rings (SSSR count). The second kappa shape index (κ2) is 8.15. The van der Waals surface area contributed by atoms with Gasteiger partial charge in [0.15, 0.2) is 11.7 Å². The van der Waals surface area contributed by atoms with Crippen LogP contribution in [0.3, 0.4) is 0 Å². The lowest BCUT2D eigenvalue weighted by Crippen LogP contribution is -2.53. The van der Waals surface area contributed by atoms with Crippen molar-refractivity contribution < 1.29 is 17.6 Å². The first-order valence-electron chi connectivity index (χ1n) is 7.77. The van der Waals surface area contributed by atoms with Gasteiger partial charge in [-0.25, -0.2) is 13.6 Å². The Hall–Kier alpha value is -2.07. The summed E-state index contributed by atoms with van der Waals surface area (Å²) in [4.78, 5) is 20.2. The van der Waals surface area contributed by atoms with Crippen molar-refractivity contribution in [3.8, 4) is 0 Å². The maximum atomic E-state index is 12.2. The van der Waals surface area contributed by atoms with Crippen LogP contribution in [0.25, 0.3) is 0 Å². The number of piperazine rings is 1. The standard InChI is InChI=1S/C14H23N5O4S/c1-2-16-14(17-5-11-24(15,21)22)19-8-6-18(7-9-19)13(20)12-4-3-10-23-12/h3-4,10H,2,5-9,11H2,1H3,(H,16,17)(H2,15,21,22). The minimum atomic E-state index is -3.53. The molecule has 0 bridgehead atoms.